The fourth-order valence-corrected chi connectivity index (χ4v) is 4.18. The summed E-state index contributed by atoms with van der Waals surface area (Å²) in [7, 11) is 0. The highest BCUT2D eigenvalue weighted by Gasteiger charge is 2.34. The van der Waals surface area contributed by atoms with Crippen LogP contribution < -0.4 is 10.1 Å². The van der Waals surface area contributed by atoms with E-state index in [0.29, 0.717) is 19.6 Å². The summed E-state index contributed by atoms with van der Waals surface area (Å²) in [5, 5.41) is 3.13. The van der Waals surface area contributed by atoms with Gasteiger partial charge in [-0.15, -0.1) is 0 Å². The number of benzene rings is 2. The lowest BCUT2D eigenvalue weighted by Crippen LogP contribution is -2.44. The molecule has 1 aliphatic rings. The van der Waals surface area contributed by atoms with Gasteiger partial charge in [0.15, 0.2) is 0 Å². The summed E-state index contributed by atoms with van der Waals surface area (Å²) in [5.41, 5.74) is 3.49. The van der Waals surface area contributed by atoms with Crippen LogP contribution in [0.1, 0.15) is 36.0 Å². The number of halogens is 1. The second-order valence-corrected chi connectivity index (χ2v) is 8.52. The molecule has 1 fully saturated rings. The standard InChI is InChI=1S/C23H28BrNO3/c1-17-12-18(2)14-21(13-17)28-9-6-22(26)25-16-23(7-10-27-11-8-23)19-4-3-5-20(24)15-19/h3-5,12-15H,6-11,16H2,1-2H3,(H,25,26). The Morgan fingerprint density at radius 1 is 1.14 bits per heavy atom. The fourth-order valence-electron chi connectivity index (χ4n) is 3.78. The fraction of sp³-hybridized carbons (Fsp3) is 0.435. The van der Waals surface area contributed by atoms with Crippen molar-refractivity contribution in [2.45, 2.75) is 38.5 Å². The van der Waals surface area contributed by atoms with Crippen LogP contribution in [0.25, 0.3) is 0 Å². The van der Waals surface area contributed by atoms with Gasteiger partial charge in [0.2, 0.25) is 5.91 Å². The van der Waals surface area contributed by atoms with Crippen molar-refractivity contribution < 1.29 is 14.3 Å². The van der Waals surface area contributed by atoms with Crippen molar-refractivity contribution in [3.05, 3.63) is 63.6 Å². The number of carbonyl (C=O) groups excluding carboxylic acids is 1. The van der Waals surface area contributed by atoms with Crippen LogP contribution in [-0.2, 0) is 14.9 Å². The highest BCUT2D eigenvalue weighted by Crippen LogP contribution is 2.35. The van der Waals surface area contributed by atoms with Gasteiger partial charge in [0, 0.05) is 29.6 Å². The Hall–Kier alpha value is -1.85. The molecule has 0 spiro atoms. The number of aryl methyl sites for hydroxylation is 2. The lowest BCUT2D eigenvalue weighted by atomic mass is 9.74. The van der Waals surface area contributed by atoms with E-state index in [1.807, 2.05) is 32.0 Å². The third kappa shape index (κ3) is 5.58. The molecule has 1 heterocycles. The van der Waals surface area contributed by atoms with E-state index in [2.05, 4.69) is 45.5 Å². The van der Waals surface area contributed by atoms with E-state index in [1.165, 1.54) is 5.56 Å². The normalized spacial score (nSPS) is 15.8. The minimum Gasteiger partial charge on any atom is -0.493 e. The van der Waals surface area contributed by atoms with E-state index in [0.717, 1.165) is 47.4 Å². The first kappa shape index (κ1) is 20.9. The maximum atomic E-state index is 12.4. The molecule has 150 valence electrons. The van der Waals surface area contributed by atoms with Crippen LogP contribution in [0.5, 0.6) is 5.75 Å². The smallest absolute Gasteiger partial charge is 0.223 e. The predicted octanol–water partition coefficient (Wildman–Crippen LogP) is 4.70. The third-order valence-corrected chi connectivity index (χ3v) is 5.80. The summed E-state index contributed by atoms with van der Waals surface area (Å²) in [6.45, 7) is 6.52. The van der Waals surface area contributed by atoms with Gasteiger partial charge in [-0.25, -0.2) is 0 Å². The zero-order chi connectivity index (χ0) is 20.0. The predicted molar refractivity (Wildman–Crippen MR) is 115 cm³/mol. The molecule has 0 aromatic heterocycles. The molecule has 28 heavy (non-hydrogen) atoms. The van der Waals surface area contributed by atoms with Crippen LogP contribution in [0.3, 0.4) is 0 Å². The molecule has 0 atom stereocenters. The van der Waals surface area contributed by atoms with Crippen LogP contribution in [0.2, 0.25) is 0 Å². The van der Waals surface area contributed by atoms with Gasteiger partial charge in [-0.3, -0.25) is 4.79 Å². The number of rotatable bonds is 7. The van der Waals surface area contributed by atoms with Gasteiger partial charge in [0.25, 0.3) is 0 Å². The van der Waals surface area contributed by atoms with E-state index in [4.69, 9.17) is 9.47 Å². The van der Waals surface area contributed by atoms with Gasteiger partial charge in [-0.1, -0.05) is 34.1 Å². The van der Waals surface area contributed by atoms with Crippen molar-refractivity contribution >= 4 is 21.8 Å². The van der Waals surface area contributed by atoms with E-state index in [1.54, 1.807) is 0 Å². The van der Waals surface area contributed by atoms with Crippen LogP contribution in [0.15, 0.2) is 46.9 Å². The third-order valence-electron chi connectivity index (χ3n) is 5.30. The molecule has 0 unspecified atom stereocenters. The summed E-state index contributed by atoms with van der Waals surface area (Å²) in [6.07, 6.45) is 2.16. The van der Waals surface area contributed by atoms with Gasteiger partial charge >= 0.3 is 0 Å². The first-order valence-electron chi connectivity index (χ1n) is 9.78. The van der Waals surface area contributed by atoms with Crippen molar-refractivity contribution in [2.24, 2.45) is 0 Å². The van der Waals surface area contributed by atoms with E-state index in [-0.39, 0.29) is 11.3 Å². The number of carbonyl (C=O) groups is 1. The summed E-state index contributed by atoms with van der Waals surface area (Å²) < 4.78 is 12.4. The molecule has 2 aromatic carbocycles. The minimum atomic E-state index is -0.0772. The molecule has 3 rings (SSSR count). The van der Waals surface area contributed by atoms with Gasteiger partial charge in [-0.2, -0.15) is 0 Å². The maximum absolute atomic E-state index is 12.4. The van der Waals surface area contributed by atoms with Crippen molar-refractivity contribution in [1.29, 1.82) is 0 Å². The van der Waals surface area contributed by atoms with Gasteiger partial charge < -0.3 is 14.8 Å². The summed E-state index contributed by atoms with van der Waals surface area (Å²) >= 11 is 3.56. The molecular formula is C23H28BrNO3. The molecule has 1 N–H and O–H groups in total. The number of amides is 1. The minimum absolute atomic E-state index is 0.0187. The van der Waals surface area contributed by atoms with Crippen LogP contribution >= 0.6 is 15.9 Å². The second kappa shape index (κ2) is 9.57. The summed E-state index contributed by atoms with van der Waals surface area (Å²) in [4.78, 5) is 12.4. The molecule has 0 bridgehead atoms. The lowest BCUT2D eigenvalue weighted by Gasteiger charge is -2.38. The molecule has 2 aromatic rings. The second-order valence-electron chi connectivity index (χ2n) is 7.60. The van der Waals surface area contributed by atoms with E-state index >= 15 is 0 Å². The molecule has 1 saturated heterocycles. The molecular weight excluding hydrogens is 418 g/mol. The molecule has 0 radical (unpaired) electrons. The van der Waals surface area contributed by atoms with Crippen molar-refractivity contribution in [2.75, 3.05) is 26.4 Å². The molecule has 0 saturated carbocycles. The molecule has 4 nitrogen and oxygen atoms in total. The SMILES string of the molecule is Cc1cc(C)cc(OCCC(=O)NCC2(c3cccc(Br)c3)CCOCC2)c1. The quantitative estimate of drug-likeness (QED) is 0.671. The zero-order valence-electron chi connectivity index (χ0n) is 16.6. The van der Waals surface area contributed by atoms with Crippen LogP contribution in [0.4, 0.5) is 0 Å². The first-order chi connectivity index (χ1) is 13.5. The van der Waals surface area contributed by atoms with E-state index in [9.17, 15) is 4.79 Å². The van der Waals surface area contributed by atoms with Gasteiger partial charge in [0.1, 0.15) is 5.75 Å². The molecule has 0 aliphatic carbocycles. The Kier molecular flexibility index (Phi) is 7.13. The van der Waals surface area contributed by atoms with Crippen molar-refractivity contribution in [3.8, 4) is 5.75 Å². The summed E-state index contributed by atoms with van der Waals surface area (Å²) in [6, 6.07) is 14.5. The average Bonchev–Trinajstić information content (AvgIpc) is 2.66. The monoisotopic (exact) mass is 445 g/mol. The lowest BCUT2D eigenvalue weighted by molar-refractivity contribution is -0.122. The highest BCUT2D eigenvalue weighted by molar-refractivity contribution is 9.10. The summed E-state index contributed by atoms with van der Waals surface area (Å²) in [5.74, 6) is 0.838. The van der Waals surface area contributed by atoms with E-state index < -0.39 is 0 Å². The number of hydrogen-bond donors (Lipinski definition) is 1. The van der Waals surface area contributed by atoms with Gasteiger partial charge in [-0.05, 0) is 67.6 Å². The number of hydrogen-bond acceptors (Lipinski definition) is 3. The first-order valence-corrected chi connectivity index (χ1v) is 10.6. The largest absolute Gasteiger partial charge is 0.493 e. The highest BCUT2D eigenvalue weighted by atomic mass is 79.9. The Balaban J connectivity index is 1.55. The van der Waals surface area contributed by atoms with Crippen LogP contribution in [0, 0.1) is 13.8 Å². The van der Waals surface area contributed by atoms with Crippen molar-refractivity contribution in [1.82, 2.24) is 5.32 Å². The topological polar surface area (TPSA) is 47.6 Å². The molecule has 5 heteroatoms. The maximum Gasteiger partial charge on any atom is 0.223 e. The number of nitrogens with one attached hydrogen (secondary N) is 1. The number of ether oxygens (including phenoxy) is 2. The van der Waals surface area contributed by atoms with Gasteiger partial charge in [0.05, 0.1) is 13.0 Å². The Morgan fingerprint density at radius 2 is 1.86 bits per heavy atom. The Morgan fingerprint density at radius 3 is 2.54 bits per heavy atom. The van der Waals surface area contributed by atoms with Crippen molar-refractivity contribution in [3.63, 3.8) is 0 Å². The Bertz CT molecular complexity index is 795. The zero-order valence-corrected chi connectivity index (χ0v) is 18.2. The molecule has 1 aliphatic heterocycles. The Labute approximate surface area is 175 Å². The molecule has 1 amide bonds. The van der Waals surface area contributed by atoms with Crippen LogP contribution in [-0.4, -0.2) is 32.3 Å². The average molecular weight is 446 g/mol.